The first-order valence-electron chi connectivity index (χ1n) is 11.8. The van der Waals surface area contributed by atoms with Crippen molar-refractivity contribution in [2.45, 2.75) is 45.3 Å². The third-order valence-electron chi connectivity index (χ3n) is 6.00. The summed E-state index contributed by atoms with van der Waals surface area (Å²) in [6.45, 7) is 3.31. The molecule has 0 bridgehead atoms. The van der Waals surface area contributed by atoms with Gasteiger partial charge in [0.1, 0.15) is 17.3 Å². The number of likely N-dealkylation sites (tertiary alicyclic amines) is 1. The molecule has 6 nitrogen and oxygen atoms in total. The molecule has 1 heterocycles. The zero-order valence-electron chi connectivity index (χ0n) is 21.5. The number of amides is 1. The second-order valence-corrected chi connectivity index (χ2v) is 8.82. The number of carbonyl (C=O) groups excluding carboxylic acids is 1. The van der Waals surface area contributed by atoms with Gasteiger partial charge in [-0.05, 0) is 43.5 Å². The molecule has 0 radical (unpaired) electrons. The Morgan fingerprint density at radius 3 is 2.47 bits per heavy atom. The van der Waals surface area contributed by atoms with Crippen LogP contribution in [-0.2, 0) is 4.79 Å². The van der Waals surface area contributed by atoms with Crippen LogP contribution in [0.25, 0.3) is 5.57 Å². The van der Waals surface area contributed by atoms with E-state index in [0.29, 0.717) is 6.21 Å². The number of piperidine rings is 1. The minimum absolute atomic E-state index is 0.0626. The van der Waals surface area contributed by atoms with Gasteiger partial charge in [-0.3, -0.25) is 9.79 Å². The second-order valence-electron chi connectivity index (χ2n) is 8.82. The van der Waals surface area contributed by atoms with Crippen LogP contribution < -0.4 is 11.1 Å². The van der Waals surface area contributed by atoms with Crippen molar-refractivity contribution in [3.05, 3.63) is 64.9 Å². The van der Waals surface area contributed by atoms with Gasteiger partial charge >= 0.3 is 6.18 Å². The van der Waals surface area contributed by atoms with Gasteiger partial charge in [0.05, 0.1) is 18.2 Å². The molecule has 1 unspecified atom stereocenters. The van der Waals surface area contributed by atoms with E-state index in [9.17, 15) is 31.1 Å². The molecule has 1 fully saturated rings. The summed E-state index contributed by atoms with van der Waals surface area (Å²) in [4.78, 5) is 22.1. The summed E-state index contributed by atoms with van der Waals surface area (Å²) < 4.78 is 81.9. The lowest BCUT2D eigenvalue weighted by molar-refractivity contribution is -0.148. The number of nitrogens with one attached hydrogen (secondary N) is 1. The molecule has 3 N–H and O–H groups in total. The quantitative estimate of drug-likeness (QED) is 0.272. The Morgan fingerprint density at radius 2 is 1.92 bits per heavy atom. The van der Waals surface area contributed by atoms with Crippen LogP contribution in [0.15, 0.2) is 63.5 Å². The van der Waals surface area contributed by atoms with Crippen LogP contribution in [0.5, 0.6) is 0 Å². The summed E-state index contributed by atoms with van der Waals surface area (Å²) >= 11 is 0. The van der Waals surface area contributed by atoms with Gasteiger partial charge in [-0.15, -0.1) is 0 Å². The summed E-state index contributed by atoms with van der Waals surface area (Å²) in [6.07, 6.45) is -0.914. The van der Waals surface area contributed by atoms with Gasteiger partial charge < -0.3 is 16.0 Å². The van der Waals surface area contributed by atoms with Crippen molar-refractivity contribution < 1.29 is 31.1 Å². The van der Waals surface area contributed by atoms with Crippen molar-refractivity contribution in [2.75, 3.05) is 20.1 Å². The molecule has 1 aliphatic rings. The minimum atomic E-state index is -4.59. The molecular formula is C26H31F6N5O. The fraction of sp³-hybridized carbons (Fsp3) is 0.423. The molecule has 1 aromatic carbocycles. The number of nitrogens with two attached hydrogens (primary N) is 1. The van der Waals surface area contributed by atoms with E-state index in [-0.39, 0.29) is 23.5 Å². The highest BCUT2D eigenvalue weighted by molar-refractivity contribution is 6.18. The maximum atomic E-state index is 14.6. The highest BCUT2D eigenvalue weighted by Gasteiger charge is 2.46. The Hall–Kier alpha value is -3.57. The van der Waals surface area contributed by atoms with Crippen molar-refractivity contribution >= 4 is 23.9 Å². The first kappa shape index (κ1) is 30.7. The number of nitrogens with zero attached hydrogens (tertiary/aromatic N) is 3. The van der Waals surface area contributed by atoms with Crippen molar-refractivity contribution in [1.29, 1.82) is 0 Å². The highest BCUT2D eigenvalue weighted by atomic mass is 19.4. The average molecular weight is 544 g/mol. The number of benzene rings is 1. The Balaban J connectivity index is 2.39. The topological polar surface area (TPSA) is 83.1 Å². The number of rotatable bonds is 8. The zero-order valence-corrected chi connectivity index (χ0v) is 21.5. The molecule has 12 heteroatoms. The molecule has 1 aromatic rings. The SMILES string of the molecule is C\C=C(/N=C\C(=C/C)C(F)(F)F)NC[C@@H]1C(C)CC(F)(F)CN1C(=O)C(N)=C(C=NC)c1cccc(F)c1. The van der Waals surface area contributed by atoms with E-state index in [1.54, 1.807) is 13.8 Å². The van der Waals surface area contributed by atoms with E-state index in [1.165, 1.54) is 44.5 Å². The lowest BCUT2D eigenvalue weighted by Gasteiger charge is -2.43. The van der Waals surface area contributed by atoms with Crippen molar-refractivity contribution in [3.63, 3.8) is 0 Å². The van der Waals surface area contributed by atoms with E-state index >= 15 is 0 Å². The van der Waals surface area contributed by atoms with Gasteiger partial charge in [0.25, 0.3) is 11.8 Å². The second kappa shape index (κ2) is 12.8. The summed E-state index contributed by atoms with van der Waals surface area (Å²) in [5.74, 6) is -5.33. The van der Waals surface area contributed by atoms with E-state index in [2.05, 4.69) is 15.3 Å². The van der Waals surface area contributed by atoms with Crippen molar-refractivity contribution in [1.82, 2.24) is 10.2 Å². The van der Waals surface area contributed by atoms with Crippen LogP contribution in [0.4, 0.5) is 26.3 Å². The Bertz CT molecular complexity index is 1150. The minimum Gasteiger partial charge on any atom is -0.394 e. The Morgan fingerprint density at radius 1 is 1.24 bits per heavy atom. The molecule has 1 amide bonds. The maximum absolute atomic E-state index is 14.6. The lowest BCUT2D eigenvalue weighted by Crippen LogP contribution is -2.59. The molecule has 2 rings (SSSR count). The largest absolute Gasteiger partial charge is 0.417 e. The maximum Gasteiger partial charge on any atom is 0.417 e. The smallest absolute Gasteiger partial charge is 0.394 e. The molecule has 0 saturated carbocycles. The number of hydrogen-bond acceptors (Lipinski definition) is 5. The van der Waals surface area contributed by atoms with Crippen LogP contribution in [-0.4, -0.2) is 61.5 Å². The Kier molecular flexibility index (Phi) is 10.3. The predicted octanol–water partition coefficient (Wildman–Crippen LogP) is 5.10. The lowest BCUT2D eigenvalue weighted by atomic mass is 9.88. The molecule has 0 aromatic heterocycles. The molecule has 1 aliphatic heterocycles. The van der Waals surface area contributed by atoms with Crippen molar-refractivity contribution in [2.24, 2.45) is 21.6 Å². The van der Waals surface area contributed by atoms with Gasteiger partial charge in [0.15, 0.2) is 0 Å². The molecule has 2 atom stereocenters. The summed E-state index contributed by atoms with van der Waals surface area (Å²) in [5.41, 5.74) is 5.08. The normalized spacial score (nSPS) is 21.7. The fourth-order valence-electron chi connectivity index (χ4n) is 4.12. The number of hydrogen-bond donors (Lipinski definition) is 2. The van der Waals surface area contributed by atoms with Crippen LogP contribution in [0, 0.1) is 11.7 Å². The van der Waals surface area contributed by atoms with E-state index in [1.807, 2.05) is 0 Å². The number of alkyl halides is 5. The molecule has 1 saturated heterocycles. The van der Waals surface area contributed by atoms with Crippen LogP contribution in [0.2, 0.25) is 0 Å². The first-order chi connectivity index (χ1) is 17.7. The molecule has 208 valence electrons. The number of halogens is 6. The first-order valence-corrected chi connectivity index (χ1v) is 11.8. The van der Waals surface area contributed by atoms with Crippen LogP contribution in [0.1, 0.15) is 32.8 Å². The molecular weight excluding hydrogens is 512 g/mol. The average Bonchev–Trinajstić information content (AvgIpc) is 2.83. The number of aliphatic imine (C=N–C) groups is 2. The van der Waals surface area contributed by atoms with Crippen molar-refractivity contribution in [3.8, 4) is 0 Å². The number of allylic oxidation sites excluding steroid dienone is 4. The zero-order chi connectivity index (χ0) is 28.7. The van der Waals surface area contributed by atoms with E-state index < -0.39 is 60.0 Å². The van der Waals surface area contributed by atoms with Crippen LogP contribution >= 0.6 is 0 Å². The van der Waals surface area contributed by atoms with E-state index in [4.69, 9.17) is 5.73 Å². The Labute approximate surface area is 217 Å². The number of carbonyl (C=O) groups is 1. The summed E-state index contributed by atoms with van der Waals surface area (Å²) in [6, 6.07) is 4.45. The molecule has 38 heavy (non-hydrogen) atoms. The third kappa shape index (κ3) is 7.96. The standard InChI is InChI=1S/C26H31F6N5O/c1-5-18(26(30,31)32)12-35-22(6-2)36-14-21-16(3)11-25(28,29)15-37(21)24(38)23(33)20(13-34-4)17-8-7-9-19(27)10-17/h5-10,12-13,16,21,36H,11,14-15,33H2,1-4H3/b18-5+,22-6+,23-20?,34-13?,35-12-/t16?,21-/m1/s1. The monoisotopic (exact) mass is 543 g/mol. The fourth-order valence-corrected chi connectivity index (χ4v) is 4.12. The van der Waals surface area contributed by atoms with Gasteiger partial charge in [-0.25, -0.2) is 18.2 Å². The van der Waals surface area contributed by atoms with Gasteiger partial charge in [0, 0.05) is 38.0 Å². The predicted molar refractivity (Wildman–Crippen MR) is 136 cm³/mol. The van der Waals surface area contributed by atoms with Gasteiger partial charge in [-0.2, -0.15) is 13.2 Å². The molecule has 0 spiro atoms. The third-order valence-corrected chi connectivity index (χ3v) is 6.00. The van der Waals surface area contributed by atoms with Crippen LogP contribution in [0.3, 0.4) is 0 Å². The summed E-state index contributed by atoms with van der Waals surface area (Å²) in [5, 5.41) is 2.84. The van der Waals surface area contributed by atoms with E-state index in [0.717, 1.165) is 17.0 Å². The molecule has 0 aliphatic carbocycles. The highest BCUT2D eigenvalue weighted by Crippen LogP contribution is 2.35. The van der Waals surface area contributed by atoms with Gasteiger partial charge in [0.2, 0.25) is 0 Å². The summed E-state index contributed by atoms with van der Waals surface area (Å²) in [7, 11) is 1.41. The van der Waals surface area contributed by atoms with Gasteiger partial charge in [-0.1, -0.05) is 25.1 Å².